The second-order valence-electron chi connectivity index (χ2n) is 6.98. The molecule has 1 saturated heterocycles. The Morgan fingerprint density at radius 1 is 1.28 bits per heavy atom. The molecule has 32 heavy (non-hydrogen) atoms. The van der Waals surface area contributed by atoms with Gasteiger partial charge < -0.3 is 30.0 Å². The van der Waals surface area contributed by atoms with Gasteiger partial charge in [-0.15, -0.1) is 8.78 Å². The molecule has 2 aromatic rings. The molecular weight excluding hydrogens is 428 g/mol. The van der Waals surface area contributed by atoms with E-state index in [2.05, 4.69) is 19.8 Å². The van der Waals surface area contributed by atoms with Crippen molar-refractivity contribution in [3.63, 3.8) is 0 Å². The molecule has 2 atom stereocenters. The molecule has 172 valence electrons. The summed E-state index contributed by atoms with van der Waals surface area (Å²) in [5.41, 5.74) is 5.73. The molecule has 4 rings (SSSR count). The third kappa shape index (κ3) is 5.82. The summed E-state index contributed by atoms with van der Waals surface area (Å²) in [7, 11) is 0. The van der Waals surface area contributed by atoms with E-state index in [-0.39, 0.29) is 35.0 Å². The van der Waals surface area contributed by atoms with Crippen LogP contribution in [-0.2, 0) is 9.53 Å². The van der Waals surface area contributed by atoms with E-state index >= 15 is 0 Å². The summed E-state index contributed by atoms with van der Waals surface area (Å²) < 4.78 is 44.4. The quantitative estimate of drug-likeness (QED) is 0.716. The number of para-hydroxylation sites is 1. The van der Waals surface area contributed by atoms with Gasteiger partial charge in [0.25, 0.3) is 11.8 Å². The lowest BCUT2D eigenvalue weighted by Crippen LogP contribution is -2.28. The van der Waals surface area contributed by atoms with E-state index in [1.165, 1.54) is 18.3 Å². The van der Waals surface area contributed by atoms with E-state index in [0.29, 0.717) is 18.7 Å². The third-order valence-corrected chi connectivity index (χ3v) is 4.50. The minimum Gasteiger partial charge on any atom is -0.490 e. The van der Waals surface area contributed by atoms with Gasteiger partial charge in [-0.1, -0.05) is 6.07 Å². The van der Waals surface area contributed by atoms with Gasteiger partial charge in [0.1, 0.15) is 11.8 Å². The SMILES string of the molecule is CC1CCC(C(=O)Nc2ccnc(C(N)=O)c2)O1.CCOc1cccc2c1OC(F)(F)O2. The van der Waals surface area contributed by atoms with Crippen LogP contribution < -0.4 is 25.3 Å². The van der Waals surface area contributed by atoms with Crippen LogP contribution in [0, 0.1) is 0 Å². The van der Waals surface area contributed by atoms with Crippen LogP contribution >= 0.6 is 0 Å². The number of anilines is 1. The monoisotopic (exact) mass is 451 g/mol. The number of fused-ring (bicyclic) bond motifs is 1. The van der Waals surface area contributed by atoms with Crippen molar-refractivity contribution >= 4 is 17.5 Å². The standard InChI is InChI=1S/C12H15N3O3.C9H8F2O3/c1-7-2-3-10(18-7)12(17)15-8-4-5-14-9(6-8)11(13)16;1-2-12-6-4-3-5-7-8(6)14-9(10,11)13-7/h4-7,10H,2-3H2,1H3,(H2,13,16)(H,14,15,17);3-5H,2H2,1H3. The van der Waals surface area contributed by atoms with Gasteiger partial charge in [0.05, 0.1) is 12.7 Å². The Bertz CT molecular complexity index is 988. The fourth-order valence-electron chi connectivity index (χ4n) is 3.07. The highest BCUT2D eigenvalue weighted by Crippen LogP contribution is 2.46. The number of benzene rings is 1. The number of primary amides is 1. The van der Waals surface area contributed by atoms with Crippen molar-refractivity contribution in [2.24, 2.45) is 5.73 Å². The van der Waals surface area contributed by atoms with E-state index < -0.39 is 18.3 Å². The molecule has 1 aromatic carbocycles. The van der Waals surface area contributed by atoms with E-state index in [1.54, 1.807) is 25.1 Å². The number of hydrogen-bond acceptors (Lipinski definition) is 7. The van der Waals surface area contributed by atoms with Crippen LogP contribution in [0.15, 0.2) is 36.5 Å². The average Bonchev–Trinajstić information content (AvgIpc) is 3.31. The van der Waals surface area contributed by atoms with Crippen LogP contribution in [0.2, 0.25) is 0 Å². The predicted octanol–water partition coefficient (Wildman–Crippen LogP) is 3.09. The summed E-state index contributed by atoms with van der Waals surface area (Å²) in [5.74, 6) is -0.611. The van der Waals surface area contributed by atoms with Crippen molar-refractivity contribution in [3.8, 4) is 17.2 Å². The first-order valence-corrected chi connectivity index (χ1v) is 9.92. The van der Waals surface area contributed by atoms with Crippen LogP contribution in [-0.4, -0.2) is 41.9 Å². The first-order chi connectivity index (χ1) is 15.2. The number of carbonyl (C=O) groups excluding carboxylic acids is 2. The molecule has 2 unspecified atom stereocenters. The van der Waals surface area contributed by atoms with Crippen LogP contribution in [0.1, 0.15) is 37.2 Å². The lowest BCUT2D eigenvalue weighted by molar-refractivity contribution is -0.287. The summed E-state index contributed by atoms with van der Waals surface area (Å²) >= 11 is 0. The summed E-state index contributed by atoms with van der Waals surface area (Å²) in [6.07, 6.45) is -0.893. The van der Waals surface area contributed by atoms with Crippen LogP contribution in [0.5, 0.6) is 17.2 Å². The van der Waals surface area contributed by atoms with Gasteiger partial charge >= 0.3 is 6.29 Å². The zero-order valence-corrected chi connectivity index (χ0v) is 17.5. The van der Waals surface area contributed by atoms with Crippen LogP contribution in [0.3, 0.4) is 0 Å². The number of ether oxygens (including phenoxy) is 4. The molecule has 0 saturated carbocycles. The maximum absolute atomic E-state index is 12.7. The van der Waals surface area contributed by atoms with E-state index in [4.69, 9.17) is 15.2 Å². The average molecular weight is 451 g/mol. The number of halogens is 2. The fraction of sp³-hybridized carbons (Fsp3) is 0.381. The molecule has 1 fully saturated rings. The maximum Gasteiger partial charge on any atom is 0.586 e. The molecule has 9 nitrogen and oxygen atoms in total. The molecule has 0 aliphatic carbocycles. The van der Waals surface area contributed by atoms with Crippen molar-refractivity contribution < 1.29 is 37.3 Å². The number of nitrogens with zero attached hydrogens (tertiary/aromatic N) is 1. The third-order valence-electron chi connectivity index (χ3n) is 4.50. The summed E-state index contributed by atoms with van der Waals surface area (Å²) in [4.78, 5) is 26.6. The lowest BCUT2D eigenvalue weighted by Gasteiger charge is -2.11. The zero-order chi connectivity index (χ0) is 23.3. The van der Waals surface area contributed by atoms with E-state index in [1.807, 2.05) is 6.92 Å². The van der Waals surface area contributed by atoms with Gasteiger partial charge in [0, 0.05) is 11.9 Å². The summed E-state index contributed by atoms with van der Waals surface area (Å²) in [6.45, 7) is 4.07. The highest BCUT2D eigenvalue weighted by molar-refractivity contribution is 5.96. The number of hydrogen-bond donors (Lipinski definition) is 2. The molecule has 1 aromatic heterocycles. The number of carbonyl (C=O) groups is 2. The number of rotatable bonds is 5. The summed E-state index contributed by atoms with van der Waals surface area (Å²) in [6, 6.07) is 7.56. The second kappa shape index (κ2) is 9.77. The number of aromatic nitrogens is 1. The van der Waals surface area contributed by atoms with Crippen molar-refractivity contribution in [2.75, 3.05) is 11.9 Å². The number of nitrogens with two attached hydrogens (primary N) is 1. The highest BCUT2D eigenvalue weighted by atomic mass is 19.3. The van der Waals surface area contributed by atoms with Gasteiger partial charge in [0.2, 0.25) is 5.75 Å². The fourth-order valence-corrected chi connectivity index (χ4v) is 3.07. The van der Waals surface area contributed by atoms with Gasteiger partial charge in [-0.05, 0) is 51.0 Å². The van der Waals surface area contributed by atoms with Crippen LogP contribution in [0.25, 0.3) is 0 Å². The number of amides is 2. The van der Waals surface area contributed by atoms with Crippen LogP contribution in [0.4, 0.5) is 14.5 Å². The van der Waals surface area contributed by atoms with Gasteiger partial charge in [-0.2, -0.15) is 0 Å². The Hall–Kier alpha value is -3.47. The zero-order valence-electron chi connectivity index (χ0n) is 17.5. The highest BCUT2D eigenvalue weighted by Gasteiger charge is 2.45. The Kier molecular flexibility index (Phi) is 7.08. The van der Waals surface area contributed by atoms with Crippen molar-refractivity contribution in [1.29, 1.82) is 0 Å². The van der Waals surface area contributed by atoms with E-state index in [9.17, 15) is 18.4 Å². The number of nitrogens with one attached hydrogen (secondary N) is 1. The first kappa shape index (κ1) is 23.2. The molecule has 0 spiro atoms. The second-order valence-corrected chi connectivity index (χ2v) is 6.98. The Morgan fingerprint density at radius 3 is 2.72 bits per heavy atom. The van der Waals surface area contributed by atoms with Gasteiger partial charge in [-0.3, -0.25) is 14.6 Å². The molecule has 2 amide bonds. The molecule has 3 heterocycles. The molecule has 11 heteroatoms. The Balaban J connectivity index is 0.000000186. The smallest absolute Gasteiger partial charge is 0.490 e. The maximum atomic E-state index is 12.7. The van der Waals surface area contributed by atoms with Gasteiger partial charge in [-0.25, -0.2) is 0 Å². The molecular formula is C21H23F2N3O6. The molecule has 0 bridgehead atoms. The number of pyridine rings is 1. The topological polar surface area (TPSA) is 122 Å². The van der Waals surface area contributed by atoms with E-state index in [0.717, 1.165) is 6.42 Å². The summed E-state index contributed by atoms with van der Waals surface area (Å²) in [5, 5.41) is 2.69. The van der Waals surface area contributed by atoms with Crippen molar-refractivity contribution in [1.82, 2.24) is 4.98 Å². The predicted molar refractivity (Wildman–Crippen MR) is 109 cm³/mol. The molecule has 2 aliphatic rings. The first-order valence-electron chi connectivity index (χ1n) is 9.92. The molecule has 2 aliphatic heterocycles. The Morgan fingerprint density at radius 2 is 2.06 bits per heavy atom. The van der Waals surface area contributed by atoms with Crippen molar-refractivity contribution in [3.05, 3.63) is 42.2 Å². The largest absolute Gasteiger partial charge is 0.586 e. The van der Waals surface area contributed by atoms with Crippen molar-refractivity contribution in [2.45, 2.75) is 45.2 Å². The molecule has 0 radical (unpaired) electrons. The lowest BCUT2D eigenvalue weighted by atomic mass is 10.2. The van der Waals surface area contributed by atoms with Gasteiger partial charge in [0.15, 0.2) is 11.5 Å². The Labute approximate surface area is 182 Å². The minimum absolute atomic E-state index is 0.000880. The molecule has 3 N–H and O–H groups in total. The normalized spacial score (nSPS) is 20.1. The number of alkyl halides is 2. The minimum atomic E-state index is -3.59.